The molecule has 168 valence electrons. The molecule has 0 radical (unpaired) electrons. The van der Waals surface area contributed by atoms with Crippen LogP contribution in [0.2, 0.25) is 0 Å². The number of carbonyl (C=O) groups excluding carboxylic acids is 2. The van der Waals surface area contributed by atoms with Gasteiger partial charge in [0.05, 0.1) is 19.3 Å². The highest BCUT2D eigenvalue weighted by atomic mass is 32.2. The number of hydrogen-bond donors (Lipinski definition) is 1. The lowest BCUT2D eigenvalue weighted by atomic mass is 10.1. The average molecular weight is 464 g/mol. The normalized spacial score (nSPS) is 19.2. The van der Waals surface area contributed by atoms with E-state index in [1.807, 2.05) is 30.3 Å². The Kier molecular flexibility index (Phi) is 5.46. The molecule has 0 saturated carbocycles. The molecule has 3 amide bonds. The average Bonchev–Trinajstić information content (AvgIpc) is 3.37. The van der Waals surface area contributed by atoms with Crippen molar-refractivity contribution in [2.24, 2.45) is 0 Å². The molecule has 1 spiro atoms. The number of nitrogens with one attached hydrogen (secondary N) is 1. The quantitative estimate of drug-likeness (QED) is 0.603. The molecular formula is C25H22FN3O3S. The van der Waals surface area contributed by atoms with Gasteiger partial charge in [-0.25, -0.2) is 9.18 Å². The van der Waals surface area contributed by atoms with Crippen LogP contribution >= 0.6 is 11.8 Å². The molecule has 1 atom stereocenters. The predicted molar refractivity (Wildman–Crippen MR) is 127 cm³/mol. The van der Waals surface area contributed by atoms with Gasteiger partial charge < -0.3 is 15.0 Å². The van der Waals surface area contributed by atoms with Crippen molar-refractivity contribution in [3.63, 3.8) is 0 Å². The number of hydrogen-bond acceptors (Lipinski definition) is 4. The van der Waals surface area contributed by atoms with Gasteiger partial charge in [0.15, 0.2) is 4.87 Å². The fraction of sp³-hybridized carbons (Fsp3) is 0.200. The standard InChI is InChI=1S/C25H22FN3O3S/c1-32-20-10-11-22-21(15-20)25(23(30)28(22)16-17-6-5-7-18(26)14-17)29(12-13-33-25)24(31)27-19-8-3-2-4-9-19/h2-11,14-15H,12-13,16H2,1H3,(H,27,31)/t25-/m1/s1. The van der Waals surface area contributed by atoms with Gasteiger partial charge >= 0.3 is 6.03 Å². The summed E-state index contributed by atoms with van der Waals surface area (Å²) in [6.07, 6.45) is 0. The first-order chi connectivity index (χ1) is 16.0. The number of para-hydroxylation sites is 1. The molecule has 3 aromatic rings. The minimum absolute atomic E-state index is 0.201. The van der Waals surface area contributed by atoms with Crippen LogP contribution in [0.1, 0.15) is 11.1 Å². The van der Waals surface area contributed by atoms with Crippen molar-refractivity contribution in [3.8, 4) is 5.75 Å². The zero-order chi connectivity index (χ0) is 23.0. The van der Waals surface area contributed by atoms with Crippen LogP contribution in [0.15, 0.2) is 72.8 Å². The van der Waals surface area contributed by atoms with E-state index in [-0.39, 0.29) is 24.3 Å². The summed E-state index contributed by atoms with van der Waals surface area (Å²) in [4.78, 5) is 29.3. The van der Waals surface area contributed by atoms with Crippen molar-refractivity contribution >= 4 is 35.1 Å². The van der Waals surface area contributed by atoms with Crippen LogP contribution in [0.5, 0.6) is 5.75 Å². The topological polar surface area (TPSA) is 61.9 Å². The molecule has 1 N–H and O–H groups in total. The van der Waals surface area contributed by atoms with Gasteiger partial charge in [-0.2, -0.15) is 0 Å². The molecule has 5 rings (SSSR count). The maximum atomic E-state index is 14.0. The van der Waals surface area contributed by atoms with Crippen molar-refractivity contribution in [1.29, 1.82) is 0 Å². The highest BCUT2D eigenvalue weighted by molar-refractivity contribution is 8.01. The number of ether oxygens (including phenoxy) is 1. The monoisotopic (exact) mass is 463 g/mol. The van der Waals surface area contributed by atoms with Gasteiger partial charge in [-0.3, -0.25) is 9.69 Å². The van der Waals surface area contributed by atoms with Crippen molar-refractivity contribution in [3.05, 3.63) is 89.7 Å². The lowest BCUT2D eigenvalue weighted by Crippen LogP contribution is -2.51. The summed E-state index contributed by atoms with van der Waals surface area (Å²) in [6.45, 7) is 0.617. The largest absolute Gasteiger partial charge is 0.497 e. The number of urea groups is 1. The van der Waals surface area contributed by atoms with E-state index in [1.54, 1.807) is 47.2 Å². The van der Waals surface area contributed by atoms with E-state index in [0.717, 1.165) is 0 Å². The summed E-state index contributed by atoms with van der Waals surface area (Å²) in [5.74, 6) is 0.631. The number of nitrogens with zero attached hydrogens (tertiary/aromatic N) is 2. The molecule has 2 aliphatic rings. The van der Waals surface area contributed by atoms with Crippen LogP contribution < -0.4 is 15.0 Å². The summed E-state index contributed by atoms with van der Waals surface area (Å²) in [7, 11) is 1.57. The molecule has 0 bridgehead atoms. The number of halogens is 1. The van der Waals surface area contributed by atoms with Crippen molar-refractivity contribution in [2.75, 3.05) is 29.6 Å². The molecule has 1 fully saturated rings. The van der Waals surface area contributed by atoms with E-state index in [9.17, 15) is 14.0 Å². The summed E-state index contributed by atoms with van der Waals surface area (Å²) in [5, 5.41) is 2.91. The SMILES string of the molecule is COc1ccc2c(c1)[C@@]1(SCCN1C(=O)Nc1ccccc1)C(=O)N2Cc1cccc(F)c1. The summed E-state index contributed by atoms with van der Waals surface area (Å²) in [5.41, 5.74) is 2.72. The minimum Gasteiger partial charge on any atom is -0.497 e. The second kappa shape index (κ2) is 8.44. The summed E-state index contributed by atoms with van der Waals surface area (Å²) < 4.78 is 19.2. The van der Waals surface area contributed by atoms with Crippen LogP contribution in [-0.2, 0) is 16.2 Å². The Morgan fingerprint density at radius 3 is 2.70 bits per heavy atom. The van der Waals surface area contributed by atoms with Crippen molar-refractivity contribution in [1.82, 2.24) is 4.90 Å². The van der Waals surface area contributed by atoms with Crippen LogP contribution in [0, 0.1) is 5.82 Å². The molecule has 0 unspecified atom stereocenters. The second-order valence-corrected chi connectivity index (χ2v) is 9.13. The third-order valence-electron chi connectivity index (χ3n) is 5.90. The Bertz CT molecular complexity index is 1220. The first kappa shape index (κ1) is 21.3. The zero-order valence-corrected chi connectivity index (χ0v) is 18.8. The van der Waals surface area contributed by atoms with E-state index < -0.39 is 4.87 Å². The highest BCUT2D eigenvalue weighted by Gasteiger charge is 2.59. The molecule has 1 saturated heterocycles. The molecule has 33 heavy (non-hydrogen) atoms. The van der Waals surface area contributed by atoms with Crippen LogP contribution in [0.25, 0.3) is 0 Å². The highest BCUT2D eigenvalue weighted by Crippen LogP contribution is 2.55. The van der Waals surface area contributed by atoms with Gasteiger partial charge in [0.1, 0.15) is 11.6 Å². The van der Waals surface area contributed by atoms with Gasteiger partial charge in [0.2, 0.25) is 0 Å². The number of carbonyl (C=O) groups is 2. The first-order valence-electron chi connectivity index (χ1n) is 10.6. The predicted octanol–water partition coefficient (Wildman–Crippen LogP) is 4.81. The van der Waals surface area contributed by atoms with Crippen molar-refractivity contribution in [2.45, 2.75) is 11.4 Å². The Balaban J connectivity index is 1.56. The number of benzene rings is 3. The summed E-state index contributed by atoms with van der Waals surface area (Å²) in [6, 6.07) is 20.4. The van der Waals surface area contributed by atoms with Crippen molar-refractivity contribution < 1.29 is 18.7 Å². The molecule has 2 heterocycles. The number of amides is 3. The fourth-order valence-corrected chi connectivity index (χ4v) is 5.86. The Hall–Kier alpha value is -3.52. The van der Waals surface area contributed by atoms with E-state index in [4.69, 9.17) is 4.74 Å². The third kappa shape index (κ3) is 3.60. The van der Waals surface area contributed by atoms with E-state index >= 15 is 0 Å². The van der Waals surface area contributed by atoms with Crippen LogP contribution in [0.4, 0.5) is 20.6 Å². The second-order valence-electron chi connectivity index (χ2n) is 7.84. The molecule has 2 aliphatic heterocycles. The zero-order valence-electron chi connectivity index (χ0n) is 18.0. The van der Waals surface area contributed by atoms with Crippen LogP contribution in [-0.4, -0.2) is 36.2 Å². The lowest BCUT2D eigenvalue weighted by molar-refractivity contribution is -0.123. The fourth-order valence-electron chi connectivity index (χ4n) is 4.41. The van der Waals surface area contributed by atoms with Crippen LogP contribution in [0.3, 0.4) is 0 Å². The number of methoxy groups -OCH3 is 1. The van der Waals surface area contributed by atoms with Gasteiger partial charge in [-0.15, -0.1) is 11.8 Å². The van der Waals surface area contributed by atoms with Gasteiger partial charge in [0.25, 0.3) is 5.91 Å². The Morgan fingerprint density at radius 1 is 1.12 bits per heavy atom. The van der Waals surface area contributed by atoms with E-state index in [0.29, 0.717) is 40.5 Å². The van der Waals surface area contributed by atoms with Gasteiger partial charge in [0, 0.05) is 23.5 Å². The number of thioether (sulfide) groups is 1. The number of fused-ring (bicyclic) bond motifs is 2. The molecular weight excluding hydrogens is 441 g/mol. The summed E-state index contributed by atoms with van der Waals surface area (Å²) >= 11 is 1.43. The third-order valence-corrected chi connectivity index (χ3v) is 7.32. The van der Waals surface area contributed by atoms with Gasteiger partial charge in [-0.1, -0.05) is 30.3 Å². The lowest BCUT2D eigenvalue weighted by Gasteiger charge is -2.33. The molecule has 0 aliphatic carbocycles. The van der Waals surface area contributed by atoms with E-state index in [1.165, 1.54) is 23.9 Å². The Labute approximate surface area is 195 Å². The molecule has 3 aromatic carbocycles. The maximum Gasteiger partial charge on any atom is 0.323 e. The minimum atomic E-state index is -1.21. The molecule has 0 aromatic heterocycles. The molecule has 8 heteroatoms. The first-order valence-corrected chi connectivity index (χ1v) is 11.5. The number of anilines is 2. The maximum absolute atomic E-state index is 14.0. The van der Waals surface area contributed by atoms with Gasteiger partial charge in [-0.05, 0) is 48.0 Å². The Morgan fingerprint density at radius 2 is 1.94 bits per heavy atom. The number of rotatable bonds is 4. The molecule has 6 nitrogen and oxygen atoms in total. The van der Waals surface area contributed by atoms with E-state index in [2.05, 4.69) is 5.32 Å². The smallest absolute Gasteiger partial charge is 0.323 e.